The molecule has 2 heterocycles. The standard InChI is InChI=1S/C22H19F7N4O2S/c1-9-17(31-7-15(32-9)35-8-22(27,28)29)13(34)5-10-3-11(16(24)12(23)4-10)20(2)14-6-21(14,18(25)26)36-19(30)33-20/h3-4,7,14,18H,5-6,8H2,1-2H3,(H2,30,33)/t14-,20+,21-/m0/s1. The molecule has 1 saturated carbocycles. The van der Waals surface area contributed by atoms with Crippen LogP contribution in [0, 0.1) is 24.5 Å². The van der Waals surface area contributed by atoms with Gasteiger partial charge in [0.25, 0.3) is 6.43 Å². The van der Waals surface area contributed by atoms with E-state index in [9.17, 15) is 35.5 Å². The Morgan fingerprint density at radius 3 is 2.61 bits per heavy atom. The average Bonchev–Trinajstić information content (AvgIpc) is 3.51. The summed E-state index contributed by atoms with van der Waals surface area (Å²) < 4.78 is 96.9. The molecule has 4 rings (SSSR count). The Labute approximate surface area is 204 Å². The number of carbonyl (C=O) groups is 1. The molecule has 1 aromatic heterocycles. The molecule has 1 fully saturated rings. The molecule has 2 aliphatic rings. The van der Waals surface area contributed by atoms with Gasteiger partial charge in [-0.2, -0.15) is 13.2 Å². The molecule has 2 aromatic rings. The van der Waals surface area contributed by atoms with Gasteiger partial charge >= 0.3 is 6.18 Å². The summed E-state index contributed by atoms with van der Waals surface area (Å²) in [5.74, 6) is -4.51. The number of nitrogens with two attached hydrogens (primary N) is 1. The molecule has 0 unspecified atom stereocenters. The number of Topliss-reactive ketones (excluding diaryl/α,β-unsaturated/α-hetero) is 1. The Hall–Kier alpha value is -2.90. The number of rotatable bonds is 7. The summed E-state index contributed by atoms with van der Waals surface area (Å²) in [4.78, 5) is 24.6. The molecule has 0 bridgehead atoms. The van der Waals surface area contributed by atoms with Crippen LogP contribution in [0.15, 0.2) is 23.3 Å². The highest BCUT2D eigenvalue weighted by atomic mass is 32.2. The topological polar surface area (TPSA) is 90.5 Å². The number of alkyl halides is 5. The minimum atomic E-state index is -4.59. The van der Waals surface area contributed by atoms with Crippen molar-refractivity contribution in [3.05, 3.63) is 52.5 Å². The van der Waals surface area contributed by atoms with Crippen molar-refractivity contribution in [2.45, 2.75) is 49.6 Å². The van der Waals surface area contributed by atoms with Gasteiger partial charge in [0.05, 0.1) is 22.2 Å². The van der Waals surface area contributed by atoms with Crippen molar-refractivity contribution in [1.29, 1.82) is 0 Å². The van der Waals surface area contributed by atoms with Crippen LogP contribution >= 0.6 is 11.8 Å². The lowest BCUT2D eigenvalue weighted by Gasteiger charge is -2.34. The van der Waals surface area contributed by atoms with Crippen molar-refractivity contribution in [1.82, 2.24) is 9.97 Å². The summed E-state index contributed by atoms with van der Waals surface area (Å²) in [6.45, 7) is 1.13. The normalized spacial score (nSPS) is 25.4. The first-order valence-electron chi connectivity index (χ1n) is 10.5. The van der Waals surface area contributed by atoms with Crippen molar-refractivity contribution < 1.29 is 40.3 Å². The summed E-state index contributed by atoms with van der Waals surface area (Å²) in [6.07, 6.45) is -6.98. The largest absolute Gasteiger partial charge is 0.467 e. The lowest BCUT2D eigenvalue weighted by Crippen LogP contribution is -2.39. The Balaban J connectivity index is 1.61. The van der Waals surface area contributed by atoms with E-state index in [0.717, 1.165) is 24.0 Å². The van der Waals surface area contributed by atoms with E-state index in [2.05, 4.69) is 19.7 Å². The van der Waals surface area contributed by atoms with Crippen LogP contribution in [-0.2, 0) is 12.0 Å². The maximum atomic E-state index is 14.9. The van der Waals surface area contributed by atoms with E-state index in [1.54, 1.807) is 0 Å². The van der Waals surface area contributed by atoms with Crippen LogP contribution in [-0.4, -0.2) is 44.9 Å². The van der Waals surface area contributed by atoms with Crippen molar-refractivity contribution in [3.8, 4) is 5.88 Å². The van der Waals surface area contributed by atoms with Gasteiger partial charge in [-0.05, 0) is 38.0 Å². The fourth-order valence-electron chi connectivity index (χ4n) is 4.45. The molecule has 36 heavy (non-hydrogen) atoms. The number of ether oxygens (including phenoxy) is 1. The van der Waals surface area contributed by atoms with Crippen LogP contribution < -0.4 is 10.5 Å². The molecule has 3 atom stereocenters. The number of hydrogen-bond acceptors (Lipinski definition) is 7. The first-order chi connectivity index (χ1) is 16.7. The summed E-state index contributed by atoms with van der Waals surface area (Å²) >= 11 is 0.717. The second kappa shape index (κ2) is 8.89. The highest BCUT2D eigenvalue weighted by Crippen LogP contribution is 2.68. The van der Waals surface area contributed by atoms with Crippen LogP contribution in [0.2, 0.25) is 0 Å². The second-order valence-corrected chi connectivity index (χ2v) is 10.2. The third-order valence-corrected chi connectivity index (χ3v) is 7.52. The molecule has 0 spiro atoms. The third kappa shape index (κ3) is 4.74. The number of nitrogens with zero attached hydrogens (tertiary/aromatic N) is 3. The lowest BCUT2D eigenvalue weighted by atomic mass is 9.84. The molecule has 0 radical (unpaired) electrons. The van der Waals surface area contributed by atoms with Crippen LogP contribution in [0.25, 0.3) is 0 Å². The Bertz CT molecular complexity index is 1260. The number of aromatic nitrogens is 2. The number of thioether (sulfide) groups is 1. The summed E-state index contributed by atoms with van der Waals surface area (Å²) in [5, 5.41) is -0.174. The Morgan fingerprint density at radius 2 is 2.00 bits per heavy atom. The van der Waals surface area contributed by atoms with Crippen LogP contribution in [0.4, 0.5) is 30.7 Å². The molecule has 0 amide bonds. The highest BCUT2D eigenvalue weighted by Gasteiger charge is 2.71. The minimum absolute atomic E-state index is 0.00219. The van der Waals surface area contributed by atoms with Crippen molar-refractivity contribution in [3.63, 3.8) is 0 Å². The minimum Gasteiger partial charge on any atom is -0.467 e. The van der Waals surface area contributed by atoms with Gasteiger partial charge in [-0.3, -0.25) is 9.79 Å². The monoisotopic (exact) mass is 536 g/mol. The van der Waals surface area contributed by atoms with Crippen LogP contribution in [0.5, 0.6) is 5.88 Å². The van der Waals surface area contributed by atoms with Gasteiger partial charge in [-0.25, -0.2) is 27.5 Å². The summed E-state index contributed by atoms with van der Waals surface area (Å²) in [5.41, 5.74) is 3.66. The number of aliphatic imine (C=N–C) groups is 1. The average molecular weight is 536 g/mol. The molecule has 1 aromatic carbocycles. The van der Waals surface area contributed by atoms with Crippen LogP contribution in [0.1, 0.15) is 40.7 Å². The van der Waals surface area contributed by atoms with E-state index in [1.165, 1.54) is 19.9 Å². The first kappa shape index (κ1) is 26.2. The maximum absolute atomic E-state index is 14.9. The quantitative estimate of drug-likeness (QED) is 0.407. The van der Waals surface area contributed by atoms with Gasteiger partial charge < -0.3 is 10.5 Å². The number of ketones is 1. The maximum Gasteiger partial charge on any atom is 0.422 e. The number of halogens is 7. The zero-order valence-electron chi connectivity index (χ0n) is 18.8. The van der Waals surface area contributed by atoms with Crippen molar-refractivity contribution in [2.24, 2.45) is 16.6 Å². The SMILES string of the molecule is Cc1nc(OCC(F)(F)F)cnc1C(=O)Cc1cc(F)c(F)c([C@@]2(C)N=C(N)S[C@@]3(C(F)F)C[C@@H]23)c1. The number of hydrogen-bond donors (Lipinski definition) is 1. The molecule has 1 aliphatic heterocycles. The van der Waals surface area contributed by atoms with E-state index >= 15 is 0 Å². The number of benzene rings is 1. The first-order valence-corrected chi connectivity index (χ1v) is 11.3. The zero-order valence-corrected chi connectivity index (χ0v) is 19.6. The molecule has 6 nitrogen and oxygen atoms in total. The Kier molecular flexibility index (Phi) is 6.46. The van der Waals surface area contributed by atoms with Gasteiger partial charge in [0.15, 0.2) is 29.2 Å². The predicted molar refractivity (Wildman–Crippen MR) is 116 cm³/mol. The third-order valence-electron chi connectivity index (χ3n) is 6.21. The fourth-order valence-corrected chi connectivity index (χ4v) is 5.78. The van der Waals surface area contributed by atoms with E-state index in [1.807, 2.05) is 0 Å². The highest BCUT2D eigenvalue weighted by molar-refractivity contribution is 8.15. The van der Waals surface area contributed by atoms with E-state index in [0.29, 0.717) is 0 Å². The van der Waals surface area contributed by atoms with Gasteiger partial charge in [0.2, 0.25) is 5.88 Å². The second-order valence-electron chi connectivity index (χ2n) is 8.80. The summed E-state index contributed by atoms with van der Waals surface area (Å²) in [7, 11) is 0. The Morgan fingerprint density at radius 1 is 1.31 bits per heavy atom. The van der Waals surface area contributed by atoms with Crippen molar-refractivity contribution in [2.75, 3.05) is 6.61 Å². The smallest absolute Gasteiger partial charge is 0.422 e. The zero-order chi connectivity index (χ0) is 26.6. The van der Waals surface area contributed by atoms with E-state index < -0.39 is 65.1 Å². The number of amidine groups is 1. The summed E-state index contributed by atoms with van der Waals surface area (Å²) in [6, 6.07) is 1.97. The van der Waals surface area contributed by atoms with E-state index in [-0.39, 0.29) is 34.1 Å². The van der Waals surface area contributed by atoms with Gasteiger partial charge in [0, 0.05) is 17.9 Å². The van der Waals surface area contributed by atoms with Gasteiger partial charge in [-0.1, -0.05) is 11.8 Å². The number of carbonyl (C=O) groups excluding carboxylic acids is 1. The molecular formula is C22H19F7N4O2S. The lowest BCUT2D eigenvalue weighted by molar-refractivity contribution is -0.154. The number of fused-ring (bicyclic) bond motifs is 1. The fraction of sp³-hybridized carbons (Fsp3) is 0.455. The van der Waals surface area contributed by atoms with Gasteiger partial charge in [-0.15, -0.1) is 0 Å². The van der Waals surface area contributed by atoms with E-state index in [4.69, 9.17) is 5.73 Å². The molecule has 14 heteroatoms. The molecule has 194 valence electrons. The predicted octanol–water partition coefficient (Wildman–Crippen LogP) is 4.73. The van der Waals surface area contributed by atoms with Crippen molar-refractivity contribution >= 4 is 22.7 Å². The molecule has 1 aliphatic carbocycles. The number of aryl methyl sites for hydroxylation is 1. The molecular weight excluding hydrogens is 517 g/mol. The molecule has 0 saturated heterocycles. The van der Waals surface area contributed by atoms with Gasteiger partial charge in [0.1, 0.15) is 5.69 Å². The molecule has 2 N–H and O–H groups in total. The van der Waals surface area contributed by atoms with Crippen LogP contribution in [0.3, 0.4) is 0 Å².